The van der Waals surface area contributed by atoms with Gasteiger partial charge >= 0.3 is 0 Å². The number of imidazole rings is 1. The van der Waals surface area contributed by atoms with Gasteiger partial charge in [-0.1, -0.05) is 32.0 Å². The van der Waals surface area contributed by atoms with E-state index in [2.05, 4.69) is 57.6 Å². The van der Waals surface area contributed by atoms with Gasteiger partial charge in [-0.3, -0.25) is 9.36 Å². The van der Waals surface area contributed by atoms with Gasteiger partial charge in [0.15, 0.2) is 29.3 Å². The molecule has 0 aliphatic carbocycles. The van der Waals surface area contributed by atoms with E-state index in [1.54, 1.807) is 4.57 Å². The van der Waals surface area contributed by atoms with E-state index in [1.165, 1.54) is 36.4 Å². The van der Waals surface area contributed by atoms with E-state index in [0.29, 0.717) is 23.5 Å². The molecule has 1 fully saturated rings. The number of carbonyl (C=O) groups excluding carboxylic acids is 1. The second-order valence-corrected chi connectivity index (χ2v) is 7.84. The molecule has 0 spiro atoms. The first kappa shape index (κ1) is 22.1. The standard InChI is InChI=1S/C22H29N7O3/c1-4-12-6-7-13(5-2)14(8-12)9-25-19-16-20(27-10-26-19)29(11-28-16)22-17(30)15(23)18(32-22)21(31)24-3/h6-8,10-11,15,17-18,22,30H,4-5,9,23H2,1-3H3,(H,24,31)(H,25,26,27)/t15-,17-,18-,22+/m0/s1. The first-order valence-electron chi connectivity index (χ1n) is 10.8. The number of hydrogen-bond acceptors (Lipinski definition) is 8. The zero-order valence-corrected chi connectivity index (χ0v) is 18.4. The summed E-state index contributed by atoms with van der Waals surface area (Å²) in [4.78, 5) is 25.2. The second-order valence-electron chi connectivity index (χ2n) is 7.84. The molecule has 5 N–H and O–H groups in total. The largest absolute Gasteiger partial charge is 0.387 e. The van der Waals surface area contributed by atoms with Gasteiger partial charge in [0.1, 0.15) is 12.4 Å². The highest BCUT2D eigenvalue weighted by Crippen LogP contribution is 2.31. The fraction of sp³-hybridized carbons (Fsp3) is 0.455. The molecule has 1 aromatic carbocycles. The number of aliphatic hydroxyl groups excluding tert-OH is 1. The van der Waals surface area contributed by atoms with Crippen molar-refractivity contribution in [2.24, 2.45) is 5.73 Å². The predicted octanol–water partition coefficient (Wildman–Crippen LogP) is 0.895. The van der Waals surface area contributed by atoms with Crippen LogP contribution in [0.5, 0.6) is 0 Å². The average Bonchev–Trinajstić information content (AvgIpc) is 3.38. The second kappa shape index (κ2) is 9.19. The van der Waals surface area contributed by atoms with Gasteiger partial charge in [-0.25, -0.2) is 15.0 Å². The molecule has 0 saturated carbocycles. The molecule has 10 nitrogen and oxygen atoms in total. The van der Waals surface area contributed by atoms with Crippen LogP contribution in [-0.2, 0) is 28.9 Å². The highest BCUT2D eigenvalue weighted by molar-refractivity contribution is 5.83. The predicted molar refractivity (Wildman–Crippen MR) is 120 cm³/mol. The summed E-state index contributed by atoms with van der Waals surface area (Å²) in [6, 6.07) is 5.68. The summed E-state index contributed by atoms with van der Waals surface area (Å²) >= 11 is 0. The van der Waals surface area contributed by atoms with Crippen LogP contribution in [0.25, 0.3) is 11.2 Å². The topological polar surface area (TPSA) is 140 Å². The van der Waals surface area contributed by atoms with Crippen LogP contribution in [0.3, 0.4) is 0 Å². The molecule has 170 valence electrons. The van der Waals surface area contributed by atoms with Crippen LogP contribution in [0.15, 0.2) is 30.9 Å². The quantitative estimate of drug-likeness (QED) is 0.426. The number of benzene rings is 1. The van der Waals surface area contributed by atoms with Crippen LogP contribution in [0.1, 0.15) is 36.8 Å². The number of amides is 1. The number of nitrogens with zero attached hydrogens (tertiary/aromatic N) is 4. The molecule has 10 heteroatoms. The lowest BCUT2D eigenvalue weighted by Crippen LogP contribution is -2.46. The number of aliphatic hydroxyl groups is 1. The van der Waals surface area contributed by atoms with Crippen LogP contribution in [0.4, 0.5) is 5.82 Å². The van der Waals surface area contributed by atoms with Gasteiger partial charge in [-0.05, 0) is 29.5 Å². The molecule has 1 saturated heterocycles. The molecule has 4 rings (SSSR count). The average molecular weight is 440 g/mol. The van der Waals surface area contributed by atoms with Crippen molar-refractivity contribution in [2.45, 2.75) is 57.7 Å². The molecular formula is C22H29N7O3. The van der Waals surface area contributed by atoms with Crippen molar-refractivity contribution in [1.29, 1.82) is 0 Å². The van der Waals surface area contributed by atoms with Crippen LogP contribution in [-0.4, -0.2) is 55.8 Å². The van der Waals surface area contributed by atoms with Crippen molar-refractivity contribution >= 4 is 22.9 Å². The minimum atomic E-state index is -1.09. The summed E-state index contributed by atoms with van der Waals surface area (Å²) in [5.41, 5.74) is 10.8. The number of likely N-dealkylation sites (N-methyl/N-ethyl adjacent to an activating group) is 1. The van der Waals surface area contributed by atoms with E-state index in [9.17, 15) is 9.90 Å². The maximum Gasteiger partial charge on any atom is 0.250 e. The van der Waals surface area contributed by atoms with Crippen LogP contribution in [0, 0.1) is 0 Å². The molecule has 0 unspecified atom stereocenters. The van der Waals surface area contributed by atoms with E-state index in [0.717, 1.165) is 12.8 Å². The van der Waals surface area contributed by atoms with Gasteiger partial charge in [-0.15, -0.1) is 0 Å². The number of ether oxygens (including phenoxy) is 1. The summed E-state index contributed by atoms with van der Waals surface area (Å²) in [7, 11) is 1.50. The molecule has 2 aromatic heterocycles. The summed E-state index contributed by atoms with van der Waals surface area (Å²) in [5.74, 6) is 0.193. The molecule has 1 aliphatic heterocycles. The lowest BCUT2D eigenvalue weighted by atomic mass is 10.0. The van der Waals surface area contributed by atoms with Gasteiger partial charge < -0.3 is 26.2 Å². The maximum atomic E-state index is 12.0. The zero-order chi connectivity index (χ0) is 22.8. The molecule has 0 bridgehead atoms. The van der Waals surface area contributed by atoms with Crippen LogP contribution < -0.4 is 16.4 Å². The van der Waals surface area contributed by atoms with Gasteiger partial charge in [0, 0.05) is 13.6 Å². The zero-order valence-electron chi connectivity index (χ0n) is 18.4. The number of carbonyl (C=O) groups is 1. The minimum Gasteiger partial charge on any atom is -0.387 e. The van der Waals surface area contributed by atoms with E-state index in [-0.39, 0.29) is 5.91 Å². The van der Waals surface area contributed by atoms with Gasteiger partial charge in [0.25, 0.3) is 5.91 Å². The fourth-order valence-corrected chi connectivity index (χ4v) is 4.05. The van der Waals surface area contributed by atoms with Crippen molar-refractivity contribution in [3.8, 4) is 0 Å². The molecule has 1 amide bonds. The van der Waals surface area contributed by atoms with Crippen molar-refractivity contribution in [2.75, 3.05) is 12.4 Å². The van der Waals surface area contributed by atoms with Crippen molar-refractivity contribution in [3.05, 3.63) is 47.5 Å². The van der Waals surface area contributed by atoms with E-state index in [4.69, 9.17) is 10.5 Å². The molecule has 3 heterocycles. The van der Waals surface area contributed by atoms with Crippen molar-refractivity contribution in [3.63, 3.8) is 0 Å². The maximum absolute atomic E-state index is 12.0. The number of aryl methyl sites for hydroxylation is 2. The third kappa shape index (κ3) is 3.92. The number of anilines is 1. The Morgan fingerprint density at radius 2 is 2.03 bits per heavy atom. The first-order chi connectivity index (χ1) is 15.5. The Morgan fingerprint density at radius 3 is 2.75 bits per heavy atom. The Balaban J connectivity index is 1.60. The van der Waals surface area contributed by atoms with Crippen molar-refractivity contribution in [1.82, 2.24) is 24.8 Å². The Kier molecular flexibility index (Phi) is 6.35. The number of fused-ring (bicyclic) bond motifs is 1. The molecule has 1 aliphatic rings. The Labute approximate surface area is 186 Å². The lowest BCUT2D eigenvalue weighted by molar-refractivity contribution is -0.134. The van der Waals surface area contributed by atoms with Crippen LogP contribution >= 0.6 is 0 Å². The van der Waals surface area contributed by atoms with Gasteiger partial charge in [0.05, 0.1) is 12.4 Å². The molecule has 32 heavy (non-hydrogen) atoms. The normalized spacial score (nSPS) is 22.9. The number of aromatic nitrogens is 4. The molecule has 4 atom stereocenters. The Bertz CT molecular complexity index is 1120. The monoisotopic (exact) mass is 439 g/mol. The number of nitrogens with two attached hydrogens (primary N) is 1. The molecular weight excluding hydrogens is 410 g/mol. The highest BCUT2D eigenvalue weighted by atomic mass is 16.5. The smallest absolute Gasteiger partial charge is 0.250 e. The van der Waals surface area contributed by atoms with E-state index < -0.39 is 24.5 Å². The van der Waals surface area contributed by atoms with Gasteiger partial charge in [0.2, 0.25) is 0 Å². The Morgan fingerprint density at radius 1 is 1.22 bits per heavy atom. The number of hydrogen-bond donors (Lipinski definition) is 4. The third-order valence-corrected chi connectivity index (χ3v) is 5.97. The molecule has 3 aromatic rings. The minimum absolute atomic E-state index is 0.388. The van der Waals surface area contributed by atoms with E-state index in [1.807, 2.05) is 0 Å². The summed E-state index contributed by atoms with van der Waals surface area (Å²) < 4.78 is 7.36. The van der Waals surface area contributed by atoms with Gasteiger partial charge in [-0.2, -0.15) is 0 Å². The van der Waals surface area contributed by atoms with E-state index >= 15 is 0 Å². The fourth-order valence-electron chi connectivity index (χ4n) is 4.05. The summed E-state index contributed by atoms with van der Waals surface area (Å²) in [5, 5.41) is 16.5. The summed E-state index contributed by atoms with van der Waals surface area (Å²) in [6.07, 6.45) is 1.93. The summed E-state index contributed by atoms with van der Waals surface area (Å²) in [6.45, 7) is 4.87. The molecule has 0 radical (unpaired) electrons. The number of nitrogens with one attached hydrogen (secondary N) is 2. The van der Waals surface area contributed by atoms with Crippen LogP contribution in [0.2, 0.25) is 0 Å². The SMILES string of the molecule is CCc1ccc(CC)c(CNc2ncnc3c2ncn3[C@@H]2O[C@H](C(=O)NC)[C@@H](N)[C@@H]2O)c1. The third-order valence-electron chi connectivity index (χ3n) is 5.97. The Hall–Kier alpha value is -3.08. The van der Waals surface area contributed by atoms with Crippen molar-refractivity contribution < 1.29 is 14.6 Å². The number of rotatable bonds is 7. The highest BCUT2D eigenvalue weighted by Gasteiger charge is 2.46. The first-order valence-corrected chi connectivity index (χ1v) is 10.8. The lowest BCUT2D eigenvalue weighted by Gasteiger charge is -2.17.